The standard InChI is InChI=1S/C20H26N2O7/c1-26-9-8-21-19(25)22-17(23)13-29-18(24)20(6-2-3-7-20)14-4-5-15-16(12-14)28-11-10-27-15/h4-5,12H,2-3,6-11,13H2,1H3,(H2,21,22,23,25). The zero-order valence-corrected chi connectivity index (χ0v) is 16.5. The van der Waals surface area contributed by atoms with Crippen molar-refractivity contribution in [2.24, 2.45) is 0 Å². The Morgan fingerprint density at radius 1 is 1.10 bits per heavy atom. The third-order valence-electron chi connectivity index (χ3n) is 5.12. The molecule has 3 rings (SSSR count). The molecule has 2 aliphatic rings. The summed E-state index contributed by atoms with van der Waals surface area (Å²) in [6.07, 6.45) is 3.03. The number of rotatable bonds is 7. The van der Waals surface area contributed by atoms with Crippen molar-refractivity contribution in [3.63, 3.8) is 0 Å². The van der Waals surface area contributed by atoms with E-state index < -0.39 is 29.9 Å². The molecule has 1 saturated carbocycles. The largest absolute Gasteiger partial charge is 0.486 e. The Bertz CT molecular complexity index is 759. The molecule has 0 aromatic heterocycles. The predicted molar refractivity (Wildman–Crippen MR) is 102 cm³/mol. The molecule has 1 heterocycles. The average molecular weight is 406 g/mol. The number of hydrogen-bond acceptors (Lipinski definition) is 7. The van der Waals surface area contributed by atoms with E-state index in [0.29, 0.717) is 44.2 Å². The lowest BCUT2D eigenvalue weighted by atomic mass is 9.78. The average Bonchev–Trinajstić information content (AvgIpc) is 3.23. The molecular formula is C20H26N2O7. The van der Waals surface area contributed by atoms with E-state index in [4.69, 9.17) is 18.9 Å². The molecule has 1 aromatic carbocycles. The van der Waals surface area contributed by atoms with Gasteiger partial charge in [0.15, 0.2) is 18.1 Å². The number of fused-ring (bicyclic) bond motifs is 1. The van der Waals surface area contributed by atoms with Crippen LogP contribution in [0.4, 0.5) is 4.79 Å². The number of carbonyl (C=O) groups excluding carboxylic acids is 3. The van der Waals surface area contributed by atoms with E-state index in [-0.39, 0.29) is 6.54 Å². The zero-order chi connectivity index (χ0) is 20.7. The Hall–Kier alpha value is -2.81. The number of nitrogens with one attached hydrogen (secondary N) is 2. The molecule has 158 valence electrons. The van der Waals surface area contributed by atoms with E-state index in [9.17, 15) is 14.4 Å². The van der Waals surface area contributed by atoms with Crippen molar-refractivity contribution in [2.45, 2.75) is 31.1 Å². The molecule has 0 atom stereocenters. The van der Waals surface area contributed by atoms with Gasteiger partial charge in [0.1, 0.15) is 13.2 Å². The maximum absolute atomic E-state index is 12.9. The second kappa shape index (κ2) is 9.60. The quantitative estimate of drug-likeness (QED) is 0.518. The Kier molecular flexibility index (Phi) is 6.92. The molecule has 0 bridgehead atoms. The lowest BCUT2D eigenvalue weighted by Crippen LogP contribution is -2.43. The van der Waals surface area contributed by atoms with E-state index in [2.05, 4.69) is 10.6 Å². The van der Waals surface area contributed by atoms with E-state index in [0.717, 1.165) is 18.4 Å². The molecule has 0 spiro atoms. The second-order valence-corrected chi connectivity index (χ2v) is 7.02. The van der Waals surface area contributed by atoms with Crippen molar-refractivity contribution in [1.82, 2.24) is 10.6 Å². The summed E-state index contributed by atoms with van der Waals surface area (Å²) in [5, 5.41) is 4.58. The molecule has 1 aliphatic heterocycles. The molecule has 2 N–H and O–H groups in total. The summed E-state index contributed by atoms with van der Waals surface area (Å²) in [6, 6.07) is 4.81. The van der Waals surface area contributed by atoms with Gasteiger partial charge in [-0.3, -0.25) is 14.9 Å². The maximum atomic E-state index is 12.9. The lowest BCUT2D eigenvalue weighted by molar-refractivity contribution is -0.154. The number of benzene rings is 1. The first-order valence-electron chi connectivity index (χ1n) is 9.69. The first kappa shape index (κ1) is 20.9. The van der Waals surface area contributed by atoms with Gasteiger partial charge in [0.05, 0.1) is 12.0 Å². The Balaban J connectivity index is 1.61. The van der Waals surface area contributed by atoms with Crippen LogP contribution in [0.3, 0.4) is 0 Å². The maximum Gasteiger partial charge on any atom is 0.321 e. The summed E-state index contributed by atoms with van der Waals surface area (Å²) >= 11 is 0. The van der Waals surface area contributed by atoms with E-state index in [1.165, 1.54) is 7.11 Å². The Labute approximate surface area is 169 Å². The minimum absolute atomic E-state index is 0.266. The SMILES string of the molecule is COCCNC(=O)NC(=O)COC(=O)C1(c2ccc3c(c2)OCCO3)CCCC1. The van der Waals surface area contributed by atoms with Gasteiger partial charge in [0.25, 0.3) is 5.91 Å². The van der Waals surface area contributed by atoms with Gasteiger partial charge < -0.3 is 24.3 Å². The van der Waals surface area contributed by atoms with E-state index in [1.807, 2.05) is 12.1 Å². The molecule has 3 amide bonds. The number of carbonyl (C=O) groups is 3. The number of amides is 3. The first-order valence-corrected chi connectivity index (χ1v) is 9.69. The zero-order valence-electron chi connectivity index (χ0n) is 16.5. The van der Waals surface area contributed by atoms with Crippen LogP contribution in [0.15, 0.2) is 18.2 Å². The lowest BCUT2D eigenvalue weighted by Gasteiger charge is -2.28. The summed E-state index contributed by atoms with van der Waals surface area (Å²) in [6.45, 7) is 1.02. The van der Waals surface area contributed by atoms with Gasteiger partial charge in [-0.2, -0.15) is 0 Å². The summed E-state index contributed by atoms with van der Waals surface area (Å²) in [5.74, 6) is 0.101. The van der Waals surface area contributed by atoms with Crippen LogP contribution >= 0.6 is 0 Å². The van der Waals surface area contributed by atoms with Gasteiger partial charge in [0.2, 0.25) is 0 Å². The highest BCUT2D eigenvalue weighted by molar-refractivity contribution is 5.96. The first-order chi connectivity index (χ1) is 14.0. The van der Waals surface area contributed by atoms with Crippen LogP contribution < -0.4 is 20.1 Å². The fourth-order valence-electron chi connectivity index (χ4n) is 3.67. The Morgan fingerprint density at radius 2 is 1.83 bits per heavy atom. The number of methoxy groups -OCH3 is 1. The van der Waals surface area contributed by atoms with Crippen LogP contribution in [0.2, 0.25) is 0 Å². The smallest absolute Gasteiger partial charge is 0.321 e. The van der Waals surface area contributed by atoms with Crippen molar-refractivity contribution < 1.29 is 33.3 Å². The molecule has 0 saturated heterocycles. The topological polar surface area (TPSA) is 112 Å². The van der Waals surface area contributed by atoms with Gasteiger partial charge in [-0.25, -0.2) is 4.79 Å². The highest BCUT2D eigenvalue weighted by Crippen LogP contribution is 2.45. The summed E-state index contributed by atoms with van der Waals surface area (Å²) in [7, 11) is 1.50. The van der Waals surface area contributed by atoms with Crippen molar-refractivity contribution in [3.8, 4) is 11.5 Å². The summed E-state index contributed by atoms with van der Waals surface area (Å²) < 4.78 is 21.3. The van der Waals surface area contributed by atoms with E-state index >= 15 is 0 Å². The molecule has 29 heavy (non-hydrogen) atoms. The monoisotopic (exact) mass is 406 g/mol. The van der Waals surface area contributed by atoms with Crippen LogP contribution in [-0.2, 0) is 24.5 Å². The van der Waals surface area contributed by atoms with Gasteiger partial charge in [0, 0.05) is 13.7 Å². The molecular weight excluding hydrogens is 380 g/mol. The molecule has 0 unspecified atom stereocenters. The molecule has 1 aliphatic carbocycles. The Morgan fingerprint density at radius 3 is 2.55 bits per heavy atom. The number of hydrogen-bond donors (Lipinski definition) is 2. The molecule has 9 nitrogen and oxygen atoms in total. The fourth-order valence-corrected chi connectivity index (χ4v) is 3.67. The number of urea groups is 1. The number of esters is 1. The summed E-state index contributed by atoms with van der Waals surface area (Å²) in [4.78, 5) is 36.5. The van der Waals surface area contributed by atoms with Gasteiger partial charge in [-0.05, 0) is 30.5 Å². The highest BCUT2D eigenvalue weighted by Gasteiger charge is 2.45. The van der Waals surface area contributed by atoms with Crippen molar-refractivity contribution in [3.05, 3.63) is 23.8 Å². The molecule has 1 aromatic rings. The number of imide groups is 1. The molecule has 1 fully saturated rings. The minimum atomic E-state index is -0.823. The predicted octanol–water partition coefficient (Wildman–Crippen LogP) is 1.28. The molecule has 9 heteroatoms. The fraction of sp³-hybridized carbons (Fsp3) is 0.550. The third kappa shape index (κ3) is 4.97. The van der Waals surface area contributed by atoms with E-state index in [1.54, 1.807) is 6.07 Å². The van der Waals surface area contributed by atoms with Crippen LogP contribution in [0.5, 0.6) is 11.5 Å². The van der Waals surface area contributed by atoms with Crippen LogP contribution in [0.25, 0.3) is 0 Å². The normalized spacial score (nSPS) is 16.7. The molecule has 0 radical (unpaired) electrons. The number of ether oxygens (including phenoxy) is 4. The van der Waals surface area contributed by atoms with Crippen molar-refractivity contribution >= 4 is 17.9 Å². The van der Waals surface area contributed by atoms with Gasteiger partial charge in [-0.1, -0.05) is 18.9 Å². The van der Waals surface area contributed by atoms with Crippen molar-refractivity contribution in [2.75, 3.05) is 40.1 Å². The van der Waals surface area contributed by atoms with Crippen LogP contribution in [0.1, 0.15) is 31.2 Å². The van der Waals surface area contributed by atoms with Gasteiger partial charge in [-0.15, -0.1) is 0 Å². The third-order valence-corrected chi connectivity index (χ3v) is 5.12. The van der Waals surface area contributed by atoms with Crippen LogP contribution in [0, 0.1) is 0 Å². The highest BCUT2D eigenvalue weighted by atomic mass is 16.6. The summed E-state index contributed by atoms with van der Waals surface area (Å²) in [5.41, 5.74) is -0.0291. The van der Waals surface area contributed by atoms with Crippen LogP contribution in [-0.4, -0.2) is 58.0 Å². The van der Waals surface area contributed by atoms with Gasteiger partial charge >= 0.3 is 12.0 Å². The van der Waals surface area contributed by atoms with Crippen molar-refractivity contribution in [1.29, 1.82) is 0 Å². The minimum Gasteiger partial charge on any atom is -0.486 e. The second-order valence-electron chi connectivity index (χ2n) is 7.02.